The summed E-state index contributed by atoms with van der Waals surface area (Å²) in [6.07, 6.45) is -0.844. The number of alkyl halides is 3. The molecule has 37 heavy (non-hydrogen) atoms. The Balaban J connectivity index is 1.40. The lowest BCUT2D eigenvalue weighted by Crippen LogP contribution is -2.38. The SMILES string of the molecule is Nc1nc2ccc(C(=O)N(Cc3ccc(C(F)(F)F)cn3)[C@@H]3CCCn4ncnc43)cc2c2c1COC2. The quantitative estimate of drug-likeness (QED) is 0.442. The van der Waals surface area contributed by atoms with E-state index < -0.39 is 17.8 Å². The van der Waals surface area contributed by atoms with E-state index in [2.05, 4.69) is 20.1 Å². The Hall–Kier alpha value is -4.06. The van der Waals surface area contributed by atoms with E-state index in [4.69, 9.17) is 10.5 Å². The Kier molecular flexibility index (Phi) is 5.55. The van der Waals surface area contributed by atoms with Crippen LogP contribution in [-0.4, -0.2) is 35.5 Å². The lowest BCUT2D eigenvalue weighted by molar-refractivity contribution is -0.137. The van der Waals surface area contributed by atoms with Crippen molar-refractivity contribution in [2.24, 2.45) is 0 Å². The number of halogens is 3. The van der Waals surface area contributed by atoms with Gasteiger partial charge in [-0.2, -0.15) is 18.3 Å². The van der Waals surface area contributed by atoms with Gasteiger partial charge in [0.15, 0.2) is 0 Å². The molecule has 5 heterocycles. The first-order valence-electron chi connectivity index (χ1n) is 11.8. The number of rotatable bonds is 4. The second kappa shape index (κ2) is 8.80. The molecule has 1 aromatic carbocycles. The molecule has 2 aliphatic heterocycles. The molecule has 6 rings (SSSR count). The molecule has 12 heteroatoms. The normalized spacial score (nSPS) is 17.0. The highest BCUT2D eigenvalue weighted by molar-refractivity contribution is 5.99. The predicted octanol–water partition coefficient (Wildman–Crippen LogP) is 4.03. The van der Waals surface area contributed by atoms with Gasteiger partial charge in [-0.15, -0.1) is 0 Å². The van der Waals surface area contributed by atoms with Gasteiger partial charge in [-0.25, -0.2) is 14.6 Å². The zero-order valence-corrected chi connectivity index (χ0v) is 19.6. The van der Waals surface area contributed by atoms with Crippen LogP contribution in [0.1, 0.15) is 57.5 Å². The Bertz CT molecular complexity index is 1500. The number of benzene rings is 1. The number of anilines is 1. The van der Waals surface area contributed by atoms with Crippen LogP contribution < -0.4 is 5.73 Å². The van der Waals surface area contributed by atoms with E-state index in [1.54, 1.807) is 27.8 Å². The molecule has 2 N–H and O–H groups in total. The largest absolute Gasteiger partial charge is 0.417 e. The number of carbonyl (C=O) groups is 1. The maximum absolute atomic E-state index is 14.0. The number of fused-ring (bicyclic) bond motifs is 4. The summed E-state index contributed by atoms with van der Waals surface area (Å²) in [6.45, 7) is 1.43. The van der Waals surface area contributed by atoms with Crippen LogP contribution in [-0.2, 0) is 37.2 Å². The summed E-state index contributed by atoms with van der Waals surface area (Å²) in [5.74, 6) is 0.751. The molecule has 0 bridgehead atoms. The van der Waals surface area contributed by atoms with Gasteiger partial charge >= 0.3 is 6.18 Å². The summed E-state index contributed by atoms with van der Waals surface area (Å²) >= 11 is 0. The van der Waals surface area contributed by atoms with E-state index in [0.717, 1.165) is 35.2 Å². The number of nitrogen functional groups attached to an aromatic ring is 1. The first kappa shape index (κ1) is 23.3. The van der Waals surface area contributed by atoms with E-state index in [9.17, 15) is 18.0 Å². The van der Waals surface area contributed by atoms with Crippen molar-refractivity contribution in [3.8, 4) is 0 Å². The van der Waals surface area contributed by atoms with Crippen molar-refractivity contribution >= 4 is 22.6 Å². The van der Waals surface area contributed by atoms with Crippen molar-refractivity contribution < 1.29 is 22.7 Å². The number of nitrogens with zero attached hydrogens (tertiary/aromatic N) is 6. The number of nitrogens with two attached hydrogens (primary N) is 1. The van der Waals surface area contributed by atoms with Crippen LogP contribution >= 0.6 is 0 Å². The zero-order chi connectivity index (χ0) is 25.7. The van der Waals surface area contributed by atoms with Crippen molar-refractivity contribution in [3.63, 3.8) is 0 Å². The van der Waals surface area contributed by atoms with Crippen LogP contribution in [0.3, 0.4) is 0 Å². The summed E-state index contributed by atoms with van der Waals surface area (Å²) in [7, 11) is 0. The lowest BCUT2D eigenvalue weighted by atomic mass is 10.00. The Labute approximate surface area is 209 Å². The number of amides is 1. The van der Waals surface area contributed by atoms with Crippen LogP contribution in [0.2, 0.25) is 0 Å². The minimum atomic E-state index is -4.49. The topological polar surface area (TPSA) is 112 Å². The maximum atomic E-state index is 14.0. The van der Waals surface area contributed by atoms with Crippen molar-refractivity contribution in [1.82, 2.24) is 29.6 Å². The van der Waals surface area contributed by atoms with Gasteiger partial charge in [0.05, 0.1) is 42.6 Å². The first-order valence-corrected chi connectivity index (χ1v) is 11.8. The Morgan fingerprint density at radius 3 is 2.78 bits per heavy atom. The second-order valence-corrected chi connectivity index (χ2v) is 9.15. The Morgan fingerprint density at radius 2 is 2.00 bits per heavy atom. The number of aromatic nitrogens is 5. The molecule has 0 spiro atoms. The minimum absolute atomic E-state index is 0.00768. The monoisotopic (exact) mass is 509 g/mol. The number of hydrogen-bond acceptors (Lipinski definition) is 7. The van der Waals surface area contributed by atoms with Gasteiger partial charge in [0, 0.05) is 29.3 Å². The molecule has 2 aliphatic rings. The third-order valence-corrected chi connectivity index (χ3v) is 6.89. The molecule has 1 atom stereocenters. The van der Waals surface area contributed by atoms with E-state index in [-0.39, 0.29) is 12.5 Å². The van der Waals surface area contributed by atoms with Crippen molar-refractivity contribution in [1.29, 1.82) is 0 Å². The average molecular weight is 509 g/mol. The van der Waals surface area contributed by atoms with Crippen LogP contribution in [0.25, 0.3) is 10.9 Å². The summed E-state index contributed by atoms with van der Waals surface area (Å²) in [5, 5.41) is 5.03. The van der Waals surface area contributed by atoms with Gasteiger partial charge in [-0.3, -0.25) is 9.78 Å². The standard InChI is InChI=1S/C25H22F3N7O2/c26-25(27,28)15-4-5-16(30-9-15)10-34(21-2-1-7-35-23(21)31-13-32-35)24(36)14-3-6-20-17(8-14)18-11-37-12-19(18)22(29)33-20/h3-6,8-9,13,21H,1-2,7,10-12H2,(H2,29,33)/t21-/m1/s1. The Morgan fingerprint density at radius 1 is 1.16 bits per heavy atom. The molecule has 0 saturated carbocycles. The van der Waals surface area contributed by atoms with E-state index >= 15 is 0 Å². The number of carbonyl (C=O) groups excluding carboxylic acids is 1. The number of pyridine rings is 2. The third kappa shape index (κ3) is 4.16. The van der Waals surface area contributed by atoms with E-state index in [1.807, 2.05) is 0 Å². The van der Waals surface area contributed by atoms with E-state index in [0.29, 0.717) is 54.6 Å². The summed E-state index contributed by atoms with van der Waals surface area (Å²) in [6, 6.07) is 7.06. The zero-order valence-electron chi connectivity index (χ0n) is 19.6. The molecule has 0 radical (unpaired) electrons. The molecular weight excluding hydrogens is 487 g/mol. The van der Waals surface area contributed by atoms with Crippen molar-refractivity contribution in [3.05, 3.63) is 76.6 Å². The molecule has 0 fully saturated rings. The molecule has 9 nitrogen and oxygen atoms in total. The fourth-order valence-corrected chi connectivity index (χ4v) is 5.02. The van der Waals surface area contributed by atoms with Crippen LogP contribution in [0.4, 0.5) is 19.0 Å². The molecule has 0 aliphatic carbocycles. The molecule has 1 amide bonds. The highest BCUT2D eigenvalue weighted by Gasteiger charge is 2.34. The van der Waals surface area contributed by atoms with E-state index in [1.165, 1.54) is 12.4 Å². The first-order chi connectivity index (χ1) is 17.8. The van der Waals surface area contributed by atoms with Gasteiger partial charge in [-0.1, -0.05) is 0 Å². The highest BCUT2D eigenvalue weighted by Crippen LogP contribution is 2.35. The van der Waals surface area contributed by atoms with Crippen LogP contribution in [0.5, 0.6) is 0 Å². The molecule has 0 saturated heterocycles. The summed E-state index contributed by atoms with van der Waals surface area (Å²) in [4.78, 5) is 28.4. The van der Waals surface area contributed by atoms with Gasteiger partial charge in [-0.05, 0) is 48.7 Å². The van der Waals surface area contributed by atoms with Crippen molar-refractivity contribution in [2.45, 2.75) is 51.4 Å². The molecule has 3 aromatic heterocycles. The lowest BCUT2D eigenvalue weighted by Gasteiger charge is -2.34. The molecular formula is C25H22F3N7O2. The van der Waals surface area contributed by atoms with Crippen LogP contribution in [0, 0.1) is 0 Å². The molecule has 190 valence electrons. The molecule has 0 unspecified atom stereocenters. The smallest absolute Gasteiger partial charge is 0.383 e. The number of aryl methyl sites for hydroxylation is 1. The third-order valence-electron chi connectivity index (χ3n) is 6.89. The van der Waals surface area contributed by atoms with Gasteiger partial charge in [0.25, 0.3) is 5.91 Å². The number of ether oxygens (including phenoxy) is 1. The highest BCUT2D eigenvalue weighted by atomic mass is 19.4. The predicted molar refractivity (Wildman–Crippen MR) is 126 cm³/mol. The van der Waals surface area contributed by atoms with Crippen LogP contribution in [0.15, 0.2) is 42.9 Å². The fraction of sp³-hybridized carbons (Fsp3) is 0.320. The van der Waals surface area contributed by atoms with Crippen molar-refractivity contribution in [2.75, 3.05) is 5.73 Å². The molecule has 4 aromatic rings. The second-order valence-electron chi connectivity index (χ2n) is 9.15. The maximum Gasteiger partial charge on any atom is 0.417 e. The average Bonchev–Trinajstić information content (AvgIpc) is 3.57. The van der Waals surface area contributed by atoms with Gasteiger partial charge in [0.2, 0.25) is 0 Å². The summed E-state index contributed by atoms with van der Waals surface area (Å²) in [5.41, 5.74) is 8.38. The summed E-state index contributed by atoms with van der Waals surface area (Å²) < 4.78 is 46.5. The fourth-order valence-electron chi connectivity index (χ4n) is 5.02. The van der Waals surface area contributed by atoms with Gasteiger partial charge < -0.3 is 15.4 Å². The number of hydrogen-bond donors (Lipinski definition) is 1. The minimum Gasteiger partial charge on any atom is -0.383 e. The van der Waals surface area contributed by atoms with Gasteiger partial charge in [0.1, 0.15) is 18.0 Å².